The van der Waals surface area contributed by atoms with Crippen molar-refractivity contribution in [2.45, 2.75) is 4.90 Å². The molecule has 2 rings (SSSR count). The maximum atomic E-state index is 13.1. The van der Waals surface area contributed by atoms with Crippen molar-refractivity contribution < 1.29 is 17.6 Å². The Labute approximate surface area is 121 Å². The van der Waals surface area contributed by atoms with Crippen LogP contribution in [-0.2, 0) is 14.6 Å². The molecule has 0 atom stereocenters. The summed E-state index contributed by atoms with van der Waals surface area (Å²) in [5.74, 6) is -2.26. The maximum Gasteiger partial charge on any atom is 0.239 e. The number of nitrogens with one attached hydrogen (secondary N) is 1. The van der Waals surface area contributed by atoms with E-state index >= 15 is 0 Å². The molecule has 3 N–H and O–H groups in total. The van der Waals surface area contributed by atoms with Gasteiger partial charge in [-0.1, -0.05) is 18.2 Å². The first kappa shape index (κ1) is 15.0. The Hall–Kier alpha value is -2.41. The molecule has 21 heavy (non-hydrogen) atoms. The number of rotatable bonds is 4. The molecule has 0 saturated carbocycles. The summed E-state index contributed by atoms with van der Waals surface area (Å²) in [6.07, 6.45) is 0. The van der Waals surface area contributed by atoms with Gasteiger partial charge < -0.3 is 11.1 Å². The average molecular weight is 308 g/mol. The Morgan fingerprint density at radius 3 is 2.48 bits per heavy atom. The summed E-state index contributed by atoms with van der Waals surface area (Å²) in [7, 11) is -4.01. The van der Waals surface area contributed by atoms with Gasteiger partial charge in [0.2, 0.25) is 5.91 Å². The lowest BCUT2D eigenvalue weighted by Crippen LogP contribution is -2.23. The Kier molecular flexibility index (Phi) is 4.23. The van der Waals surface area contributed by atoms with Gasteiger partial charge in [-0.25, -0.2) is 12.8 Å². The van der Waals surface area contributed by atoms with Crippen LogP contribution in [0.4, 0.5) is 15.8 Å². The fourth-order valence-corrected chi connectivity index (χ4v) is 3.04. The summed E-state index contributed by atoms with van der Waals surface area (Å²) >= 11 is 0. The lowest BCUT2D eigenvalue weighted by Gasteiger charge is -2.08. The smallest absolute Gasteiger partial charge is 0.239 e. The number of carbonyl (C=O) groups is 1. The summed E-state index contributed by atoms with van der Waals surface area (Å²) in [4.78, 5) is 11.4. The van der Waals surface area contributed by atoms with Crippen LogP contribution >= 0.6 is 0 Å². The zero-order valence-electron chi connectivity index (χ0n) is 10.9. The van der Waals surface area contributed by atoms with E-state index in [0.29, 0.717) is 5.69 Å². The van der Waals surface area contributed by atoms with Gasteiger partial charge in [0.15, 0.2) is 9.84 Å². The third kappa shape index (κ3) is 3.79. The van der Waals surface area contributed by atoms with Crippen LogP contribution in [0.25, 0.3) is 0 Å². The number of carbonyl (C=O) groups excluding carboxylic acids is 1. The van der Waals surface area contributed by atoms with Crippen molar-refractivity contribution in [2.75, 3.05) is 16.8 Å². The lowest BCUT2D eigenvalue weighted by molar-refractivity contribution is -0.113. The Bertz CT molecular complexity index is 761. The van der Waals surface area contributed by atoms with Gasteiger partial charge in [-0.2, -0.15) is 0 Å². The van der Waals surface area contributed by atoms with Gasteiger partial charge in [0, 0.05) is 5.69 Å². The van der Waals surface area contributed by atoms with Crippen molar-refractivity contribution in [1.29, 1.82) is 0 Å². The third-order valence-corrected chi connectivity index (χ3v) is 4.36. The molecule has 2 aromatic rings. The second-order valence-electron chi connectivity index (χ2n) is 4.36. The first-order valence-electron chi connectivity index (χ1n) is 6.01. The van der Waals surface area contributed by atoms with E-state index in [1.165, 1.54) is 0 Å². The zero-order valence-corrected chi connectivity index (χ0v) is 11.7. The highest BCUT2D eigenvalue weighted by molar-refractivity contribution is 7.92. The summed E-state index contributed by atoms with van der Waals surface area (Å²) in [6, 6.07) is 11.4. The zero-order chi connectivity index (χ0) is 15.5. The van der Waals surface area contributed by atoms with E-state index in [9.17, 15) is 17.6 Å². The van der Waals surface area contributed by atoms with Crippen LogP contribution in [-0.4, -0.2) is 20.1 Å². The van der Waals surface area contributed by atoms with Gasteiger partial charge in [-0.15, -0.1) is 0 Å². The molecule has 7 heteroatoms. The molecule has 0 aliphatic heterocycles. The van der Waals surface area contributed by atoms with Crippen LogP contribution in [0.5, 0.6) is 0 Å². The number of hydrogen-bond donors (Lipinski definition) is 2. The van der Waals surface area contributed by atoms with Crippen molar-refractivity contribution in [3.05, 3.63) is 54.3 Å². The topological polar surface area (TPSA) is 89.3 Å². The van der Waals surface area contributed by atoms with Gasteiger partial charge in [0.25, 0.3) is 0 Å². The molecule has 0 unspecified atom stereocenters. The molecular weight excluding hydrogens is 295 g/mol. The van der Waals surface area contributed by atoms with Crippen LogP contribution in [0.15, 0.2) is 53.4 Å². The number of amides is 1. The molecule has 0 saturated heterocycles. The van der Waals surface area contributed by atoms with Crippen LogP contribution in [0.2, 0.25) is 0 Å². The maximum absolute atomic E-state index is 13.1. The molecule has 0 bridgehead atoms. The number of sulfone groups is 1. The molecule has 0 aromatic heterocycles. The molecule has 1 amide bonds. The van der Waals surface area contributed by atoms with Crippen molar-refractivity contribution >= 4 is 27.1 Å². The Morgan fingerprint density at radius 2 is 1.81 bits per heavy atom. The minimum Gasteiger partial charge on any atom is -0.398 e. The third-order valence-electron chi connectivity index (χ3n) is 2.69. The molecule has 0 radical (unpaired) electrons. The monoisotopic (exact) mass is 308 g/mol. The number of anilines is 2. The lowest BCUT2D eigenvalue weighted by atomic mass is 10.3. The average Bonchev–Trinajstić information content (AvgIpc) is 2.41. The van der Waals surface area contributed by atoms with E-state index in [-0.39, 0.29) is 10.6 Å². The van der Waals surface area contributed by atoms with E-state index < -0.39 is 27.3 Å². The summed E-state index contributed by atoms with van der Waals surface area (Å²) in [6.45, 7) is 0. The van der Waals surface area contributed by atoms with Gasteiger partial charge in [-0.3, -0.25) is 4.79 Å². The predicted molar refractivity (Wildman–Crippen MR) is 77.9 cm³/mol. The van der Waals surface area contributed by atoms with Crippen molar-refractivity contribution in [1.82, 2.24) is 0 Å². The second kappa shape index (κ2) is 5.92. The normalized spacial score (nSPS) is 11.1. The minimum absolute atomic E-state index is 0.0936. The van der Waals surface area contributed by atoms with Crippen molar-refractivity contribution in [3.63, 3.8) is 0 Å². The molecule has 0 heterocycles. The first-order valence-corrected chi connectivity index (χ1v) is 7.66. The number of halogens is 1. The highest BCUT2D eigenvalue weighted by atomic mass is 32.2. The molecule has 110 valence electrons. The molecule has 0 aliphatic rings. The van der Waals surface area contributed by atoms with E-state index in [0.717, 1.165) is 18.2 Å². The molecular formula is C14H13FN2O3S. The van der Waals surface area contributed by atoms with E-state index in [4.69, 9.17) is 5.73 Å². The van der Waals surface area contributed by atoms with E-state index in [2.05, 4.69) is 5.32 Å². The standard InChI is InChI=1S/C14H13FN2O3S/c15-10-6-7-12(16)13(8-10)21(19,20)9-14(18)17-11-4-2-1-3-5-11/h1-8H,9,16H2,(H,17,18). The fourth-order valence-electron chi connectivity index (χ4n) is 1.75. The molecule has 2 aromatic carbocycles. The number of hydrogen-bond acceptors (Lipinski definition) is 4. The second-order valence-corrected chi connectivity index (χ2v) is 6.31. The number of para-hydroxylation sites is 1. The Balaban J connectivity index is 2.18. The molecule has 0 spiro atoms. The summed E-state index contributed by atoms with van der Waals surface area (Å²) < 4.78 is 37.3. The van der Waals surface area contributed by atoms with Gasteiger partial charge >= 0.3 is 0 Å². The van der Waals surface area contributed by atoms with Crippen LogP contribution < -0.4 is 11.1 Å². The summed E-state index contributed by atoms with van der Waals surface area (Å²) in [5, 5.41) is 2.45. The predicted octanol–water partition coefficient (Wildman–Crippen LogP) is 1.82. The summed E-state index contributed by atoms with van der Waals surface area (Å²) in [5.41, 5.74) is 5.91. The van der Waals surface area contributed by atoms with Gasteiger partial charge in [-0.05, 0) is 30.3 Å². The SMILES string of the molecule is Nc1ccc(F)cc1S(=O)(=O)CC(=O)Nc1ccccc1. The van der Waals surface area contributed by atoms with Crippen LogP contribution in [0, 0.1) is 5.82 Å². The number of nitrogens with two attached hydrogens (primary N) is 1. The molecule has 5 nitrogen and oxygen atoms in total. The Morgan fingerprint density at radius 1 is 1.14 bits per heavy atom. The first-order chi connectivity index (χ1) is 9.88. The van der Waals surface area contributed by atoms with Gasteiger partial charge in [0.1, 0.15) is 11.6 Å². The molecule has 0 fully saturated rings. The van der Waals surface area contributed by atoms with Gasteiger partial charge in [0.05, 0.1) is 10.6 Å². The van der Waals surface area contributed by atoms with E-state index in [1.54, 1.807) is 30.3 Å². The fraction of sp³-hybridized carbons (Fsp3) is 0.0714. The largest absolute Gasteiger partial charge is 0.398 e. The van der Waals surface area contributed by atoms with Crippen molar-refractivity contribution in [3.8, 4) is 0 Å². The van der Waals surface area contributed by atoms with Crippen LogP contribution in [0.3, 0.4) is 0 Å². The quantitative estimate of drug-likeness (QED) is 0.843. The van der Waals surface area contributed by atoms with Crippen molar-refractivity contribution in [2.24, 2.45) is 0 Å². The van der Waals surface area contributed by atoms with Crippen LogP contribution in [0.1, 0.15) is 0 Å². The van der Waals surface area contributed by atoms with E-state index in [1.807, 2.05) is 0 Å². The minimum atomic E-state index is -4.01. The number of benzene rings is 2. The molecule has 0 aliphatic carbocycles. The highest BCUT2D eigenvalue weighted by Crippen LogP contribution is 2.21. The highest BCUT2D eigenvalue weighted by Gasteiger charge is 2.22. The number of nitrogen functional groups attached to an aromatic ring is 1.